The highest BCUT2D eigenvalue weighted by atomic mass is 19.4. The summed E-state index contributed by atoms with van der Waals surface area (Å²) >= 11 is 0. The molecule has 0 aliphatic heterocycles. The van der Waals surface area contributed by atoms with E-state index in [1.54, 1.807) is 0 Å². The van der Waals surface area contributed by atoms with Gasteiger partial charge in [-0.3, -0.25) is 4.79 Å². The molecule has 1 aromatic rings. The molecule has 2 nitrogen and oxygen atoms in total. The average molecular weight is 204 g/mol. The first kappa shape index (κ1) is 10.7. The predicted molar refractivity (Wildman–Crippen MR) is 42.8 cm³/mol. The Bertz CT molecular complexity index is 333. The third-order valence-corrected chi connectivity index (χ3v) is 1.73. The SMILES string of the molecule is O=Cc1ccccc1C(O)C(F)(F)F. The van der Waals surface area contributed by atoms with Crippen molar-refractivity contribution < 1.29 is 23.1 Å². The number of hydrogen-bond donors (Lipinski definition) is 1. The van der Waals surface area contributed by atoms with Crippen LogP contribution in [0.4, 0.5) is 13.2 Å². The van der Waals surface area contributed by atoms with Gasteiger partial charge in [0, 0.05) is 11.1 Å². The maximum absolute atomic E-state index is 12.1. The Morgan fingerprint density at radius 3 is 2.36 bits per heavy atom. The smallest absolute Gasteiger partial charge is 0.379 e. The van der Waals surface area contributed by atoms with Gasteiger partial charge in [-0.15, -0.1) is 0 Å². The number of alkyl halides is 3. The van der Waals surface area contributed by atoms with Crippen LogP contribution >= 0.6 is 0 Å². The molecular weight excluding hydrogens is 197 g/mol. The van der Waals surface area contributed by atoms with E-state index in [4.69, 9.17) is 5.11 Å². The van der Waals surface area contributed by atoms with Crippen LogP contribution in [-0.4, -0.2) is 17.6 Å². The second kappa shape index (κ2) is 3.79. The molecule has 0 radical (unpaired) electrons. The molecule has 76 valence electrons. The van der Waals surface area contributed by atoms with Crippen LogP contribution in [0.1, 0.15) is 22.0 Å². The van der Waals surface area contributed by atoms with Crippen LogP contribution in [-0.2, 0) is 0 Å². The van der Waals surface area contributed by atoms with Crippen molar-refractivity contribution in [1.29, 1.82) is 0 Å². The first-order valence-electron chi connectivity index (χ1n) is 3.75. The van der Waals surface area contributed by atoms with Crippen molar-refractivity contribution in [2.75, 3.05) is 0 Å². The lowest BCUT2D eigenvalue weighted by Crippen LogP contribution is -2.21. The second-order valence-corrected chi connectivity index (χ2v) is 2.69. The van der Waals surface area contributed by atoms with Crippen molar-refractivity contribution >= 4 is 6.29 Å². The van der Waals surface area contributed by atoms with Gasteiger partial charge in [-0.1, -0.05) is 24.3 Å². The summed E-state index contributed by atoms with van der Waals surface area (Å²) in [6.07, 6.45) is -7.08. The van der Waals surface area contributed by atoms with Crippen LogP contribution in [0.5, 0.6) is 0 Å². The Kier molecular flexibility index (Phi) is 2.90. The molecule has 0 aliphatic rings. The van der Waals surface area contributed by atoms with Crippen LogP contribution < -0.4 is 0 Å². The van der Waals surface area contributed by atoms with Gasteiger partial charge in [0.25, 0.3) is 0 Å². The highest BCUT2D eigenvalue weighted by molar-refractivity contribution is 5.77. The van der Waals surface area contributed by atoms with E-state index in [1.807, 2.05) is 0 Å². The number of carbonyl (C=O) groups excluding carboxylic acids is 1. The monoisotopic (exact) mass is 204 g/mol. The normalized spacial score (nSPS) is 13.7. The molecule has 1 atom stereocenters. The summed E-state index contributed by atoms with van der Waals surface area (Å²) in [5, 5.41) is 8.89. The van der Waals surface area contributed by atoms with Crippen LogP contribution in [0.15, 0.2) is 24.3 Å². The maximum atomic E-state index is 12.1. The van der Waals surface area contributed by atoms with E-state index in [9.17, 15) is 18.0 Å². The number of carbonyl (C=O) groups is 1. The summed E-state index contributed by atoms with van der Waals surface area (Å²) in [7, 11) is 0. The Balaban J connectivity index is 3.12. The zero-order chi connectivity index (χ0) is 10.8. The molecule has 0 aliphatic carbocycles. The van der Waals surface area contributed by atoms with E-state index in [-0.39, 0.29) is 11.8 Å². The van der Waals surface area contributed by atoms with Crippen LogP contribution in [0.2, 0.25) is 0 Å². The highest BCUT2D eigenvalue weighted by Gasteiger charge is 2.40. The molecule has 0 aromatic heterocycles. The molecule has 0 saturated heterocycles. The van der Waals surface area contributed by atoms with Crippen molar-refractivity contribution in [3.05, 3.63) is 35.4 Å². The van der Waals surface area contributed by atoms with Gasteiger partial charge in [-0.05, 0) is 0 Å². The summed E-state index contributed by atoms with van der Waals surface area (Å²) in [5.74, 6) is 0. The summed E-state index contributed by atoms with van der Waals surface area (Å²) in [4.78, 5) is 10.4. The largest absolute Gasteiger partial charge is 0.418 e. The quantitative estimate of drug-likeness (QED) is 0.749. The zero-order valence-corrected chi connectivity index (χ0v) is 6.95. The Hall–Kier alpha value is -1.36. The van der Waals surface area contributed by atoms with E-state index < -0.39 is 17.8 Å². The van der Waals surface area contributed by atoms with Crippen molar-refractivity contribution in [1.82, 2.24) is 0 Å². The van der Waals surface area contributed by atoms with E-state index in [2.05, 4.69) is 0 Å². The van der Waals surface area contributed by atoms with Gasteiger partial charge in [0.05, 0.1) is 0 Å². The minimum absolute atomic E-state index is 0.155. The number of hydrogen-bond acceptors (Lipinski definition) is 2. The second-order valence-electron chi connectivity index (χ2n) is 2.69. The van der Waals surface area contributed by atoms with Gasteiger partial charge < -0.3 is 5.11 Å². The third kappa shape index (κ3) is 2.11. The fourth-order valence-corrected chi connectivity index (χ4v) is 1.04. The lowest BCUT2D eigenvalue weighted by atomic mass is 10.0. The molecule has 5 heteroatoms. The molecule has 0 heterocycles. The number of aliphatic hydroxyl groups excluding tert-OH is 1. The fourth-order valence-electron chi connectivity index (χ4n) is 1.04. The van der Waals surface area contributed by atoms with Gasteiger partial charge in [0.15, 0.2) is 6.10 Å². The topological polar surface area (TPSA) is 37.3 Å². The van der Waals surface area contributed by atoms with E-state index >= 15 is 0 Å². The van der Waals surface area contributed by atoms with Crippen molar-refractivity contribution in [3.63, 3.8) is 0 Å². The average Bonchev–Trinajstić information content (AvgIpc) is 2.15. The van der Waals surface area contributed by atoms with Crippen LogP contribution in [0.25, 0.3) is 0 Å². The number of aldehydes is 1. The molecule has 0 spiro atoms. The van der Waals surface area contributed by atoms with Gasteiger partial charge in [-0.25, -0.2) is 0 Å². The number of aliphatic hydroxyl groups is 1. The van der Waals surface area contributed by atoms with Crippen molar-refractivity contribution in [3.8, 4) is 0 Å². The molecule has 0 amide bonds. The summed E-state index contributed by atoms with van der Waals surface area (Å²) in [6, 6.07) is 5.05. The van der Waals surface area contributed by atoms with Crippen LogP contribution in [0.3, 0.4) is 0 Å². The first-order chi connectivity index (χ1) is 6.46. The first-order valence-corrected chi connectivity index (χ1v) is 3.75. The molecule has 1 aromatic carbocycles. The van der Waals surface area contributed by atoms with E-state index in [0.29, 0.717) is 0 Å². The highest BCUT2D eigenvalue weighted by Crippen LogP contribution is 2.33. The lowest BCUT2D eigenvalue weighted by molar-refractivity contribution is -0.206. The molecule has 14 heavy (non-hydrogen) atoms. The fraction of sp³-hybridized carbons (Fsp3) is 0.222. The molecule has 1 rings (SSSR count). The maximum Gasteiger partial charge on any atom is 0.418 e. The summed E-state index contributed by atoms with van der Waals surface area (Å²) in [5.41, 5.74) is -0.577. The van der Waals surface area contributed by atoms with E-state index in [0.717, 1.165) is 6.07 Å². The molecule has 1 N–H and O–H groups in total. The van der Waals surface area contributed by atoms with E-state index in [1.165, 1.54) is 18.2 Å². The lowest BCUT2D eigenvalue weighted by Gasteiger charge is -2.15. The van der Waals surface area contributed by atoms with Crippen molar-refractivity contribution in [2.24, 2.45) is 0 Å². The number of benzene rings is 1. The Labute approximate surface area is 78.0 Å². The van der Waals surface area contributed by atoms with Gasteiger partial charge in [0.1, 0.15) is 6.29 Å². The number of halogens is 3. The summed E-state index contributed by atoms with van der Waals surface area (Å²) < 4.78 is 36.3. The Morgan fingerprint density at radius 2 is 1.86 bits per heavy atom. The molecule has 0 fully saturated rings. The zero-order valence-electron chi connectivity index (χ0n) is 6.95. The summed E-state index contributed by atoms with van der Waals surface area (Å²) in [6.45, 7) is 0. The Morgan fingerprint density at radius 1 is 1.29 bits per heavy atom. The molecule has 0 bridgehead atoms. The standard InChI is InChI=1S/C9H7F3O2/c10-9(11,12)8(14)7-4-2-1-3-6(7)5-13/h1-5,8,14H. The minimum atomic E-state index is -4.75. The number of rotatable bonds is 2. The third-order valence-electron chi connectivity index (χ3n) is 1.73. The predicted octanol–water partition coefficient (Wildman–Crippen LogP) is 2.09. The molecule has 0 saturated carbocycles. The van der Waals surface area contributed by atoms with Gasteiger partial charge in [0.2, 0.25) is 0 Å². The molecular formula is C9H7F3O2. The van der Waals surface area contributed by atoms with Gasteiger partial charge >= 0.3 is 6.18 Å². The minimum Gasteiger partial charge on any atom is -0.379 e. The van der Waals surface area contributed by atoms with Crippen LogP contribution in [0, 0.1) is 0 Å². The molecule has 1 unspecified atom stereocenters. The van der Waals surface area contributed by atoms with Crippen molar-refractivity contribution in [2.45, 2.75) is 12.3 Å². The van der Waals surface area contributed by atoms with Gasteiger partial charge in [-0.2, -0.15) is 13.2 Å².